The van der Waals surface area contributed by atoms with Crippen molar-refractivity contribution in [2.75, 3.05) is 19.4 Å². The van der Waals surface area contributed by atoms with Gasteiger partial charge in [0.2, 0.25) is 5.91 Å². The van der Waals surface area contributed by atoms with Crippen LogP contribution >= 0.6 is 0 Å². The molecule has 0 spiro atoms. The molecule has 1 atom stereocenters. The zero-order valence-electron chi connectivity index (χ0n) is 11.9. The molecule has 1 unspecified atom stereocenters. The summed E-state index contributed by atoms with van der Waals surface area (Å²) in [7, 11) is 3.38. The topological polar surface area (TPSA) is 75.4 Å². The van der Waals surface area contributed by atoms with Crippen LogP contribution in [0.2, 0.25) is 0 Å². The fourth-order valence-corrected chi connectivity index (χ4v) is 1.56. The van der Waals surface area contributed by atoms with Crippen molar-refractivity contribution >= 4 is 17.5 Å². The summed E-state index contributed by atoms with van der Waals surface area (Å²) in [5.41, 5.74) is 7.73. The van der Waals surface area contributed by atoms with E-state index in [1.165, 1.54) is 4.90 Å². The van der Waals surface area contributed by atoms with Gasteiger partial charge in [-0.3, -0.25) is 9.59 Å². The van der Waals surface area contributed by atoms with Crippen molar-refractivity contribution in [3.8, 4) is 0 Å². The number of nitrogens with zero attached hydrogens (tertiary/aromatic N) is 1. The molecule has 0 aromatic heterocycles. The second-order valence-corrected chi connectivity index (χ2v) is 4.73. The van der Waals surface area contributed by atoms with Crippen molar-refractivity contribution in [1.29, 1.82) is 0 Å². The van der Waals surface area contributed by atoms with Crippen LogP contribution in [0, 0.1) is 6.92 Å². The molecule has 3 N–H and O–H groups in total. The SMILES string of the molecule is CCC(N)C(=O)Nc1cc(C(=O)N(C)C)ccc1C. The highest BCUT2D eigenvalue weighted by Gasteiger charge is 2.14. The minimum Gasteiger partial charge on any atom is -0.345 e. The van der Waals surface area contributed by atoms with E-state index in [0.717, 1.165) is 5.56 Å². The fourth-order valence-electron chi connectivity index (χ4n) is 1.56. The summed E-state index contributed by atoms with van der Waals surface area (Å²) >= 11 is 0. The van der Waals surface area contributed by atoms with E-state index in [0.29, 0.717) is 17.7 Å². The number of hydrogen-bond donors (Lipinski definition) is 2. The van der Waals surface area contributed by atoms with E-state index in [1.807, 2.05) is 19.9 Å². The lowest BCUT2D eigenvalue weighted by Gasteiger charge is -2.15. The maximum absolute atomic E-state index is 11.9. The first kappa shape index (κ1) is 15.2. The van der Waals surface area contributed by atoms with Gasteiger partial charge in [-0.15, -0.1) is 0 Å². The lowest BCUT2D eigenvalue weighted by atomic mass is 10.1. The Morgan fingerprint density at radius 3 is 2.53 bits per heavy atom. The van der Waals surface area contributed by atoms with Crippen molar-refractivity contribution in [1.82, 2.24) is 4.90 Å². The molecule has 0 radical (unpaired) electrons. The predicted molar refractivity (Wildman–Crippen MR) is 76.1 cm³/mol. The molecule has 5 nitrogen and oxygen atoms in total. The summed E-state index contributed by atoms with van der Waals surface area (Å²) in [6.45, 7) is 3.72. The number of aryl methyl sites for hydroxylation is 1. The van der Waals surface area contributed by atoms with Crippen LogP contribution in [0.25, 0.3) is 0 Å². The summed E-state index contributed by atoms with van der Waals surface area (Å²) < 4.78 is 0. The van der Waals surface area contributed by atoms with Crippen LogP contribution in [-0.2, 0) is 4.79 Å². The number of rotatable bonds is 4. The average molecular weight is 263 g/mol. The van der Waals surface area contributed by atoms with Gasteiger partial charge >= 0.3 is 0 Å². The summed E-state index contributed by atoms with van der Waals surface area (Å²) in [5.74, 6) is -0.338. The van der Waals surface area contributed by atoms with Gasteiger partial charge in [0.1, 0.15) is 0 Å². The van der Waals surface area contributed by atoms with Gasteiger partial charge in [0, 0.05) is 25.3 Å². The smallest absolute Gasteiger partial charge is 0.253 e. The Balaban J connectivity index is 2.98. The molecular formula is C14H21N3O2. The Morgan fingerprint density at radius 1 is 1.37 bits per heavy atom. The van der Waals surface area contributed by atoms with Crippen LogP contribution in [0.5, 0.6) is 0 Å². The number of nitrogens with two attached hydrogens (primary N) is 1. The summed E-state index contributed by atoms with van der Waals surface area (Å²) in [4.78, 5) is 25.1. The molecule has 0 fully saturated rings. The molecule has 5 heteroatoms. The molecule has 0 aliphatic heterocycles. The minimum atomic E-state index is -0.535. The van der Waals surface area contributed by atoms with Gasteiger partial charge in [0.25, 0.3) is 5.91 Å². The highest BCUT2D eigenvalue weighted by atomic mass is 16.2. The molecule has 0 bridgehead atoms. The van der Waals surface area contributed by atoms with Crippen LogP contribution < -0.4 is 11.1 Å². The summed E-state index contributed by atoms with van der Waals surface area (Å²) in [5, 5.41) is 2.76. The van der Waals surface area contributed by atoms with E-state index in [9.17, 15) is 9.59 Å². The van der Waals surface area contributed by atoms with Gasteiger partial charge < -0.3 is 16.0 Å². The van der Waals surface area contributed by atoms with Crippen LogP contribution in [0.15, 0.2) is 18.2 Å². The molecule has 0 saturated carbocycles. The first-order chi connectivity index (χ1) is 8.86. The normalized spacial score (nSPS) is 11.8. The number of carbonyl (C=O) groups is 2. The minimum absolute atomic E-state index is 0.102. The molecule has 1 aromatic rings. The number of anilines is 1. The lowest BCUT2D eigenvalue weighted by molar-refractivity contribution is -0.117. The molecule has 19 heavy (non-hydrogen) atoms. The van der Waals surface area contributed by atoms with E-state index < -0.39 is 6.04 Å². The Bertz CT molecular complexity index is 484. The summed E-state index contributed by atoms with van der Waals surface area (Å²) in [6, 6.07) is 4.70. The first-order valence-corrected chi connectivity index (χ1v) is 6.25. The Labute approximate surface area is 113 Å². The number of amides is 2. The van der Waals surface area contributed by atoms with Crippen LogP contribution in [0.4, 0.5) is 5.69 Å². The summed E-state index contributed by atoms with van der Waals surface area (Å²) in [6.07, 6.45) is 0.571. The number of hydrogen-bond acceptors (Lipinski definition) is 3. The van der Waals surface area contributed by atoms with Gasteiger partial charge in [-0.25, -0.2) is 0 Å². The quantitative estimate of drug-likeness (QED) is 0.861. The van der Waals surface area contributed by atoms with E-state index in [2.05, 4.69) is 5.32 Å². The third kappa shape index (κ3) is 3.79. The van der Waals surface area contributed by atoms with Crippen LogP contribution in [0.1, 0.15) is 29.3 Å². The van der Waals surface area contributed by atoms with Crippen molar-refractivity contribution in [2.45, 2.75) is 26.3 Å². The van der Waals surface area contributed by atoms with Gasteiger partial charge in [0.15, 0.2) is 0 Å². The first-order valence-electron chi connectivity index (χ1n) is 6.25. The van der Waals surface area contributed by atoms with Gasteiger partial charge in [-0.2, -0.15) is 0 Å². The second-order valence-electron chi connectivity index (χ2n) is 4.73. The monoisotopic (exact) mass is 263 g/mol. The highest BCUT2D eigenvalue weighted by molar-refractivity contribution is 5.98. The zero-order valence-corrected chi connectivity index (χ0v) is 11.9. The van der Waals surface area contributed by atoms with E-state index in [1.54, 1.807) is 26.2 Å². The molecule has 0 aliphatic rings. The Kier molecular flexibility index (Phi) is 5.06. The molecule has 0 heterocycles. The third-order valence-corrected chi connectivity index (χ3v) is 2.93. The molecule has 2 amide bonds. The third-order valence-electron chi connectivity index (χ3n) is 2.93. The molecule has 1 rings (SSSR count). The van der Waals surface area contributed by atoms with Gasteiger partial charge in [0.05, 0.1) is 6.04 Å². The Morgan fingerprint density at radius 2 is 2.00 bits per heavy atom. The zero-order chi connectivity index (χ0) is 14.6. The van der Waals surface area contributed by atoms with Crippen molar-refractivity contribution < 1.29 is 9.59 Å². The predicted octanol–water partition coefficient (Wildman–Crippen LogP) is 1.37. The molecule has 0 saturated heterocycles. The highest BCUT2D eigenvalue weighted by Crippen LogP contribution is 2.18. The van der Waals surface area contributed by atoms with Crippen LogP contribution in [0.3, 0.4) is 0 Å². The average Bonchev–Trinajstić information content (AvgIpc) is 2.39. The molecule has 0 aliphatic carbocycles. The number of carbonyl (C=O) groups excluding carboxylic acids is 2. The Hall–Kier alpha value is -1.88. The molecule has 104 valence electrons. The van der Waals surface area contributed by atoms with Crippen molar-refractivity contribution in [2.24, 2.45) is 5.73 Å². The van der Waals surface area contributed by atoms with Crippen molar-refractivity contribution in [3.63, 3.8) is 0 Å². The van der Waals surface area contributed by atoms with Gasteiger partial charge in [-0.1, -0.05) is 13.0 Å². The van der Waals surface area contributed by atoms with E-state index in [-0.39, 0.29) is 11.8 Å². The largest absolute Gasteiger partial charge is 0.345 e. The maximum Gasteiger partial charge on any atom is 0.253 e. The molecule has 1 aromatic carbocycles. The number of benzene rings is 1. The van der Waals surface area contributed by atoms with E-state index in [4.69, 9.17) is 5.73 Å². The second kappa shape index (κ2) is 6.33. The number of nitrogens with one attached hydrogen (secondary N) is 1. The van der Waals surface area contributed by atoms with E-state index >= 15 is 0 Å². The molecular weight excluding hydrogens is 242 g/mol. The van der Waals surface area contributed by atoms with Crippen LogP contribution in [-0.4, -0.2) is 36.9 Å². The lowest BCUT2D eigenvalue weighted by Crippen LogP contribution is -2.35. The van der Waals surface area contributed by atoms with Gasteiger partial charge in [-0.05, 0) is 31.0 Å². The maximum atomic E-state index is 11.9. The van der Waals surface area contributed by atoms with Crippen molar-refractivity contribution in [3.05, 3.63) is 29.3 Å². The fraction of sp³-hybridized carbons (Fsp3) is 0.429. The standard InChI is InChI=1S/C14H21N3O2/c1-5-11(15)13(18)16-12-8-10(7-6-9(12)2)14(19)17(3)4/h6-8,11H,5,15H2,1-4H3,(H,16,18).